The largest absolute Gasteiger partial charge is 0.449 e. The molecule has 1 aromatic carbocycles. The number of esters is 1. The quantitative estimate of drug-likeness (QED) is 0.862. The average molecular weight is 324 g/mol. The Hall–Kier alpha value is -1.55. The molecule has 0 aliphatic heterocycles. The van der Waals surface area contributed by atoms with Crippen LogP contribution in [0.25, 0.3) is 0 Å². The van der Waals surface area contributed by atoms with Crippen molar-refractivity contribution in [1.29, 1.82) is 0 Å². The molecular weight excluding hydrogens is 302 g/mol. The summed E-state index contributed by atoms with van der Waals surface area (Å²) in [5, 5.41) is 3.46. The number of ether oxygens (including phenoxy) is 1. The average Bonchev–Trinajstić information content (AvgIpc) is 2.49. The van der Waals surface area contributed by atoms with Crippen molar-refractivity contribution in [2.24, 2.45) is 5.92 Å². The van der Waals surface area contributed by atoms with Gasteiger partial charge in [0.05, 0.1) is 5.56 Å². The van der Waals surface area contributed by atoms with E-state index in [-0.39, 0.29) is 11.9 Å². The number of carbonyl (C=O) groups is 2. The second-order valence-corrected chi connectivity index (χ2v) is 6.37. The van der Waals surface area contributed by atoms with Gasteiger partial charge < -0.3 is 10.1 Å². The Labute approximate surface area is 136 Å². The third-order valence-corrected chi connectivity index (χ3v) is 4.39. The summed E-state index contributed by atoms with van der Waals surface area (Å²) in [4.78, 5) is 24.2. The molecule has 0 heterocycles. The molecule has 1 aromatic rings. The maximum Gasteiger partial charge on any atom is 0.338 e. The summed E-state index contributed by atoms with van der Waals surface area (Å²) in [5.41, 5.74) is 0.346. The molecule has 4 nitrogen and oxygen atoms in total. The van der Waals surface area contributed by atoms with Gasteiger partial charge in [-0.05, 0) is 43.9 Å². The molecule has 22 heavy (non-hydrogen) atoms. The number of halogens is 1. The standard InChI is InChI=1S/C17H22ClNO3/c1-11-6-3-4-9-15(11)19-16(20)12(2)22-17(21)13-7-5-8-14(18)10-13/h5,7-8,10-12,15H,3-4,6,9H2,1-2H3,(H,19,20)/t11-,12-,15-/m1/s1. The molecule has 0 unspecified atom stereocenters. The van der Waals surface area contributed by atoms with Gasteiger partial charge in [0, 0.05) is 11.1 Å². The van der Waals surface area contributed by atoms with Crippen molar-refractivity contribution < 1.29 is 14.3 Å². The van der Waals surface area contributed by atoms with Gasteiger partial charge in [-0.2, -0.15) is 0 Å². The number of rotatable bonds is 4. The van der Waals surface area contributed by atoms with Crippen LogP contribution in [0, 0.1) is 5.92 Å². The zero-order chi connectivity index (χ0) is 16.1. The predicted octanol–water partition coefficient (Wildman–Crippen LogP) is 3.58. The summed E-state index contributed by atoms with van der Waals surface area (Å²) in [7, 11) is 0. The maximum atomic E-state index is 12.2. The second kappa shape index (κ2) is 7.63. The molecule has 2 rings (SSSR count). The van der Waals surface area contributed by atoms with E-state index in [0.29, 0.717) is 16.5 Å². The van der Waals surface area contributed by atoms with Crippen molar-refractivity contribution in [3.63, 3.8) is 0 Å². The molecule has 0 saturated heterocycles. The highest BCUT2D eigenvalue weighted by Crippen LogP contribution is 2.23. The molecule has 1 N–H and O–H groups in total. The Morgan fingerprint density at radius 3 is 2.73 bits per heavy atom. The zero-order valence-electron chi connectivity index (χ0n) is 13.0. The molecule has 1 aliphatic rings. The molecule has 1 aliphatic carbocycles. The fraction of sp³-hybridized carbons (Fsp3) is 0.529. The molecule has 0 bridgehead atoms. The van der Waals surface area contributed by atoms with Crippen LogP contribution in [0.1, 0.15) is 49.9 Å². The van der Waals surface area contributed by atoms with E-state index in [2.05, 4.69) is 12.2 Å². The maximum absolute atomic E-state index is 12.2. The molecule has 1 amide bonds. The van der Waals surface area contributed by atoms with Gasteiger partial charge in [0.2, 0.25) is 0 Å². The minimum Gasteiger partial charge on any atom is -0.449 e. The van der Waals surface area contributed by atoms with Gasteiger partial charge in [0.1, 0.15) is 0 Å². The van der Waals surface area contributed by atoms with Gasteiger partial charge in [-0.15, -0.1) is 0 Å². The topological polar surface area (TPSA) is 55.4 Å². The van der Waals surface area contributed by atoms with Crippen molar-refractivity contribution >= 4 is 23.5 Å². The minimum absolute atomic E-state index is 0.175. The molecule has 5 heteroatoms. The van der Waals surface area contributed by atoms with E-state index in [1.165, 1.54) is 12.5 Å². The fourth-order valence-electron chi connectivity index (χ4n) is 2.73. The van der Waals surface area contributed by atoms with Gasteiger partial charge in [0.25, 0.3) is 5.91 Å². The highest BCUT2D eigenvalue weighted by atomic mass is 35.5. The van der Waals surface area contributed by atoms with Crippen molar-refractivity contribution in [3.8, 4) is 0 Å². The minimum atomic E-state index is -0.819. The predicted molar refractivity (Wildman–Crippen MR) is 85.9 cm³/mol. The van der Waals surface area contributed by atoms with Crippen LogP contribution in [0.4, 0.5) is 0 Å². The van der Waals surface area contributed by atoms with Crippen LogP contribution in [-0.4, -0.2) is 24.0 Å². The Bertz CT molecular complexity index is 546. The third-order valence-electron chi connectivity index (χ3n) is 4.15. The van der Waals surface area contributed by atoms with Gasteiger partial charge >= 0.3 is 5.97 Å². The summed E-state index contributed by atoms with van der Waals surface area (Å²) in [6, 6.07) is 6.67. The summed E-state index contributed by atoms with van der Waals surface area (Å²) < 4.78 is 5.22. The van der Waals surface area contributed by atoms with Crippen LogP contribution in [0.3, 0.4) is 0 Å². The normalized spacial score (nSPS) is 22.7. The number of hydrogen-bond donors (Lipinski definition) is 1. The van der Waals surface area contributed by atoms with Crippen molar-refractivity contribution in [3.05, 3.63) is 34.9 Å². The summed E-state index contributed by atoms with van der Waals surface area (Å²) in [6.07, 6.45) is 3.64. The highest BCUT2D eigenvalue weighted by Gasteiger charge is 2.26. The number of carbonyl (C=O) groups excluding carboxylic acids is 2. The first-order valence-electron chi connectivity index (χ1n) is 7.74. The van der Waals surface area contributed by atoms with E-state index in [0.717, 1.165) is 19.3 Å². The van der Waals surface area contributed by atoms with E-state index in [1.54, 1.807) is 25.1 Å². The first-order chi connectivity index (χ1) is 10.5. The Morgan fingerprint density at radius 2 is 2.05 bits per heavy atom. The van der Waals surface area contributed by atoms with Gasteiger partial charge in [-0.3, -0.25) is 4.79 Å². The van der Waals surface area contributed by atoms with Crippen molar-refractivity contribution in [1.82, 2.24) is 5.32 Å². The monoisotopic (exact) mass is 323 g/mol. The molecule has 1 fully saturated rings. The summed E-state index contributed by atoms with van der Waals surface area (Å²) in [5.74, 6) is -0.315. The van der Waals surface area contributed by atoms with E-state index < -0.39 is 12.1 Å². The lowest BCUT2D eigenvalue weighted by molar-refractivity contribution is -0.130. The van der Waals surface area contributed by atoms with Gasteiger partial charge in [-0.1, -0.05) is 37.4 Å². The SMILES string of the molecule is C[C@@H]1CCCC[C@H]1NC(=O)[C@@H](C)OC(=O)c1cccc(Cl)c1. The smallest absolute Gasteiger partial charge is 0.338 e. The number of hydrogen-bond acceptors (Lipinski definition) is 3. The lowest BCUT2D eigenvalue weighted by Crippen LogP contribution is -2.45. The highest BCUT2D eigenvalue weighted by molar-refractivity contribution is 6.30. The molecule has 0 radical (unpaired) electrons. The number of amides is 1. The van der Waals surface area contributed by atoms with Crippen molar-refractivity contribution in [2.75, 3.05) is 0 Å². The Morgan fingerprint density at radius 1 is 1.32 bits per heavy atom. The first kappa shape index (κ1) is 16.8. The van der Waals surface area contributed by atoms with Crippen LogP contribution in [0.15, 0.2) is 24.3 Å². The van der Waals surface area contributed by atoms with Gasteiger partial charge in [-0.25, -0.2) is 4.79 Å². The van der Waals surface area contributed by atoms with Crippen LogP contribution in [0.2, 0.25) is 5.02 Å². The first-order valence-corrected chi connectivity index (χ1v) is 8.12. The van der Waals surface area contributed by atoms with E-state index >= 15 is 0 Å². The molecule has 0 spiro atoms. The summed E-state index contributed by atoms with van der Waals surface area (Å²) >= 11 is 5.85. The van der Waals surface area contributed by atoms with E-state index in [4.69, 9.17) is 16.3 Å². The van der Waals surface area contributed by atoms with Crippen LogP contribution >= 0.6 is 11.6 Å². The van der Waals surface area contributed by atoms with E-state index in [1.807, 2.05) is 0 Å². The lowest BCUT2D eigenvalue weighted by atomic mass is 9.86. The van der Waals surface area contributed by atoms with Gasteiger partial charge in [0.15, 0.2) is 6.10 Å². The molecule has 1 saturated carbocycles. The lowest BCUT2D eigenvalue weighted by Gasteiger charge is -2.30. The third kappa shape index (κ3) is 4.47. The molecule has 120 valence electrons. The van der Waals surface area contributed by atoms with Crippen molar-refractivity contribution in [2.45, 2.75) is 51.7 Å². The molecular formula is C17H22ClNO3. The number of nitrogens with one attached hydrogen (secondary N) is 1. The van der Waals surface area contributed by atoms with Crippen LogP contribution in [0.5, 0.6) is 0 Å². The summed E-state index contributed by atoms with van der Waals surface area (Å²) in [6.45, 7) is 3.73. The Kier molecular flexibility index (Phi) is 5.83. The van der Waals surface area contributed by atoms with Crippen LogP contribution in [-0.2, 0) is 9.53 Å². The van der Waals surface area contributed by atoms with Crippen LogP contribution < -0.4 is 5.32 Å². The Balaban J connectivity index is 1.89. The zero-order valence-corrected chi connectivity index (χ0v) is 13.7. The molecule has 0 aromatic heterocycles. The molecule has 3 atom stereocenters. The van der Waals surface area contributed by atoms with E-state index in [9.17, 15) is 9.59 Å². The fourth-order valence-corrected chi connectivity index (χ4v) is 2.92. The number of benzene rings is 1. The second-order valence-electron chi connectivity index (χ2n) is 5.93.